The minimum Gasteiger partial charge on any atom is -0.494 e. The van der Waals surface area contributed by atoms with Gasteiger partial charge in [0.15, 0.2) is 5.75 Å². The van der Waals surface area contributed by atoms with E-state index in [4.69, 9.17) is 16.3 Å². The Hall–Kier alpha value is -0.380. The van der Waals surface area contributed by atoms with Crippen LogP contribution in [0.5, 0.6) is 5.75 Å². The van der Waals surface area contributed by atoms with Crippen molar-refractivity contribution in [1.29, 1.82) is 0 Å². The van der Waals surface area contributed by atoms with Crippen LogP contribution in [0.4, 0.5) is 0 Å². The van der Waals surface area contributed by atoms with Crippen LogP contribution in [0.15, 0.2) is 22.4 Å². The monoisotopic (exact) mass is 230 g/mol. The highest BCUT2D eigenvalue weighted by molar-refractivity contribution is 7.80. The van der Waals surface area contributed by atoms with Crippen LogP contribution in [0.3, 0.4) is 0 Å². The fourth-order valence-corrected chi connectivity index (χ4v) is 2.68. The summed E-state index contributed by atoms with van der Waals surface area (Å²) < 4.78 is 6.34. The molecule has 0 aliphatic rings. The van der Waals surface area contributed by atoms with E-state index in [2.05, 4.69) is 12.6 Å². The number of halogens is 1. The molecule has 0 radical (unpaired) electrons. The molecule has 0 aliphatic heterocycles. The molecule has 0 aliphatic carbocycles. The molecule has 0 saturated heterocycles. The zero-order valence-corrected chi connectivity index (χ0v) is 9.34. The number of hydrogen-bond donors (Lipinski definition) is 1. The lowest BCUT2D eigenvalue weighted by molar-refractivity contribution is 0.411. The number of rotatable bonds is 1. The molecule has 0 saturated carbocycles. The number of hydrogen-bond acceptors (Lipinski definition) is 3. The summed E-state index contributed by atoms with van der Waals surface area (Å²) in [5, 5.41) is 3.74. The van der Waals surface area contributed by atoms with Gasteiger partial charge in [-0.1, -0.05) is 11.6 Å². The smallest absolute Gasteiger partial charge is 0.151 e. The maximum atomic E-state index is 5.98. The van der Waals surface area contributed by atoms with Crippen molar-refractivity contribution in [3.63, 3.8) is 0 Å². The Bertz CT molecular complexity index is 450. The molecule has 0 atom stereocenters. The molecule has 0 amide bonds. The van der Waals surface area contributed by atoms with Crippen LogP contribution in [0.1, 0.15) is 0 Å². The van der Waals surface area contributed by atoms with E-state index in [1.165, 1.54) is 0 Å². The maximum Gasteiger partial charge on any atom is 0.151 e. The second-order valence-corrected chi connectivity index (χ2v) is 4.35. The van der Waals surface area contributed by atoms with E-state index in [9.17, 15) is 0 Å². The van der Waals surface area contributed by atoms with Crippen LogP contribution < -0.4 is 4.74 Å². The lowest BCUT2D eigenvalue weighted by Gasteiger charge is -2.06. The first-order chi connectivity index (χ1) is 6.24. The van der Waals surface area contributed by atoms with Gasteiger partial charge in [-0.15, -0.1) is 24.0 Å². The normalized spacial score (nSPS) is 10.7. The third-order valence-corrected chi connectivity index (χ3v) is 3.63. The Morgan fingerprint density at radius 1 is 1.54 bits per heavy atom. The van der Waals surface area contributed by atoms with Gasteiger partial charge in [-0.2, -0.15) is 0 Å². The van der Waals surface area contributed by atoms with Crippen LogP contribution in [-0.2, 0) is 0 Å². The molecule has 68 valence electrons. The number of benzene rings is 1. The van der Waals surface area contributed by atoms with Crippen LogP contribution in [0.25, 0.3) is 10.1 Å². The van der Waals surface area contributed by atoms with Crippen molar-refractivity contribution in [3.8, 4) is 5.75 Å². The van der Waals surface area contributed by atoms with Crippen LogP contribution in [0.2, 0.25) is 5.02 Å². The van der Waals surface area contributed by atoms with Crippen molar-refractivity contribution in [3.05, 3.63) is 22.5 Å². The molecular formula is C9H7ClOS2. The van der Waals surface area contributed by atoms with Crippen molar-refractivity contribution in [1.82, 2.24) is 0 Å². The Morgan fingerprint density at radius 2 is 2.31 bits per heavy atom. The number of ether oxygens (including phenoxy) is 1. The van der Waals surface area contributed by atoms with Gasteiger partial charge >= 0.3 is 0 Å². The number of thiol groups is 1. The first-order valence-corrected chi connectivity index (χ1v) is 5.37. The van der Waals surface area contributed by atoms with Crippen molar-refractivity contribution in [2.75, 3.05) is 7.11 Å². The topological polar surface area (TPSA) is 9.23 Å². The van der Waals surface area contributed by atoms with E-state index in [-0.39, 0.29) is 0 Å². The van der Waals surface area contributed by atoms with Gasteiger partial charge in [0.2, 0.25) is 0 Å². The summed E-state index contributed by atoms with van der Waals surface area (Å²) in [5.41, 5.74) is 0. The van der Waals surface area contributed by atoms with Crippen molar-refractivity contribution < 1.29 is 4.74 Å². The van der Waals surface area contributed by atoms with Crippen LogP contribution >= 0.6 is 35.6 Å². The summed E-state index contributed by atoms with van der Waals surface area (Å²) in [6.07, 6.45) is 0. The summed E-state index contributed by atoms with van der Waals surface area (Å²) in [5.74, 6) is 0.765. The third kappa shape index (κ3) is 1.41. The van der Waals surface area contributed by atoms with Gasteiger partial charge in [-0.3, -0.25) is 0 Å². The fourth-order valence-electron chi connectivity index (χ4n) is 1.23. The average Bonchev–Trinajstić information content (AvgIpc) is 2.54. The highest BCUT2D eigenvalue weighted by atomic mass is 35.5. The minimum atomic E-state index is 0.631. The molecule has 13 heavy (non-hydrogen) atoms. The number of thiophene rings is 1. The second-order valence-electron chi connectivity index (χ2n) is 2.58. The van der Waals surface area contributed by atoms with E-state index in [1.807, 2.05) is 17.5 Å². The van der Waals surface area contributed by atoms with Crippen molar-refractivity contribution in [2.45, 2.75) is 4.90 Å². The Kier molecular flexibility index (Phi) is 2.41. The molecule has 2 rings (SSSR count). The number of methoxy groups -OCH3 is 1. The predicted octanol–water partition coefficient (Wildman–Crippen LogP) is 3.85. The molecule has 1 aromatic heterocycles. The van der Waals surface area contributed by atoms with Gasteiger partial charge in [0.05, 0.1) is 21.7 Å². The first-order valence-electron chi connectivity index (χ1n) is 3.66. The molecule has 0 bridgehead atoms. The standard InChI is InChI=1S/C9H7ClOS2/c1-11-7-8(12)6(10)4-5-2-3-13-9(5)7/h2-4,12H,1H3. The molecule has 0 spiro atoms. The molecule has 1 heterocycles. The van der Waals surface area contributed by atoms with Crippen molar-refractivity contribution in [2.24, 2.45) is 0 Å². The van der Waals surface area contributed by atoms with E-state index < -0.39 is 0 Å². The molecule has 4 heteroatoms. The molecule has 0 unspecified atom stereocenters. The third-order valence-electron chi connectivity index (χ3n) is 1.83. The SMILES string of the molecule is COc1c(S)c(Cl)cc2ccsc12. The second kappa shape index (κ2) is 3.40. The average molecular weight is 231 g/mol. The van der Waals surface area contributed by atoms with E-state index in [0.29, 0.717) is 9.92 Å². The van der Waals surface area contributed by atoms with Gasteiger partial charge in [0, 0.05) is 0 Å². The van der Waals surface area contributed by atoms with Gasteiger partial charge in [0.25, 0.3) is 0 Å². The molecule has 1 aromatic carbocycles. The lowest BCUT2D eigenvalue weighted by atomic mass is 10.2. The highest BCUT2D eigenvalue weighted by Gasteiger charge is 2.10. The van der Waals surface area contributed by atoms with Crippen LogP contribution in [-0.4, -0.2) is 7.11 Å². The predicted molar refractivity (Wildman–Crippen MR) is 60.6 cm³/mol. The van der Waals surface area contributed by atoms with Crippen LogP contribution in [0, 0.1) is 0 Å². The maximum absolute atomic E-state index is 5.98. The number of fused-ring (bicyclic) bond motifs is 1. The lowest BCUT2D eigenvalue weighted by Crippen LogP contribution is -1.85. The summed E-state index contributed by atoms with van der Waals surface area (Å²) in [6.45, 7) is 0. The minimum absolute atomic E-state index is 0.631. The molecule has 1 nitrogen and oxygen atoms in total. The van der Waals surface area contributed by atoms with Gasteiger partial charge in [-0.25, -0.2) is 0 Å². The zero-order valence-electron chi connectivity index (χ0n) is 6.87. The van der Waals surface area contributed by atoms with Gasteiger partial charge in [0.1, 0.15) is 0 Å². The first kappa shape index (κ1) is 9.19. The molecule has 0 N–H and O–H groups in total. The molecule has 0 fully saturated rings. The molecular weight excluding hydrogens is 224 g/mol. The highest BCUT2D eigenvalue weighted by Crippen LogP contribution is 2.40. The Labute approximate surface area is 90.7 Å². The fraction of sp³-hybridized carbons (Fsp3) is 0.111. The Balaban J connectivity index is 2.87. The Morgan fingerprint density at radius 3 is 3.00 bits per heavy atom. The summed E-state index contributed by atoms with van der Waals surface area (Å²) in [6, 6.07) is 3.92. The quantitative estimate of drug-likeness (QED) is 0.733. The zero-order chi connectivity index (χ0) is 9.42. The van der Waals surface area contributed by atoms with Gasteiger partial charge < -0.3 is 4.74 Å². The van der Waals surface area contributed by atoms with E-state index >= 15 is 0 Å². The summed E-state index contributed by atoms with van der Waals surface area (Å²) >= 11 is 11.9. The largest absolute Gasteiger partial charge is 0.494 e. The summed E-state index contributed by atoms with van der Waals surface area (Å²) in [4.78, 5) is 0.708. The van der Waals surface area contributed by atoms with Crippen molar-refractivity contribution >= 4 is 45.7 Å². The molecule has 2 aromatic rings. The van der Waals surface area contributed by atoms with E-state index in [1.54, 1.807) is 18.4 Å². The van der Waals surface area contributed by atoms with Gasteiger partial charge in [-0.05, 0) is 22.9 Å². The summed E-state index contributed by atoms with van der Waals surface area (Å²) in [7, 11) is 1.63. The van der Waals surface area contributed by atoms with E-state index in [0.717, 1.165) is 15.8 Å².